The average Bonchev–Trinajstić information content (AvgIpc) is 2.77. The van der Waals surface area contributed by atoms with Crippen molar-refractivity contribution in [1.82, 2.24) is 5.32 Å². The SMILES string of the molecule is COC(=O)C(CC(C)C)NC(=O)COC(=O)c1cccc(S(=O)(=O)Nc2ccc(F)cc2)c1. The molecule has 33 heavy (non-hydrogen) atoms. The molecule has 2 rings (SSSR count). The number of anilines is 1. The Hall–Kier alpha value is -3.47. The Morgan fingerprint density at radius 1 is 1.06 bits per heavy atom. The zero-order chi connectivity index (χ0) is 24.6. The van der Waals surface area contributed by atoms with Crippen molar-refractivity contribution >= 4 is 33.6 Å². The number of hydrogen-bond acceptors (Lipinski definition) is 7. The largest absolute Gasteiger partial charge is 0.467 e. The van der Waals surface area contributed by atoms with Crippen molar-refractivity contribution in [1.29, 1.82) is 0 Å². The van der Waals surface area contributed by atoms with Crippen LogP contribution in [0.5, 0.6) is 0 Å². The normalized spacial score (nSPS) is 12.0. The molecule has 1 atom stereocenters. The molecule has 0 aromatic heterocycles. The van der Waals surface area contributed by atoms with Gasteiger partial charge in [0.1, 0.15) is 11.9 Å². The van der Waals surface area contributed by atoms with Gasteiger partial charge in [0.25, 0.3) is 15.9 Å². The molecule has 1 amide bonds. The summed E-state index contributed by atoms with van der Waals surface area (Å²) >= 11 is 0. The van der Waals surface area contributed by atoms with Gasteiger partial charge in [0.2, 0.25) is 0 Å². The Labute approximate surface area is 191 Å². The Morgan fingerprint density at radius 2 is 1.73 bits per heavy atom. The highest BCUT2D eigenvalue weighted by Crippen LogP contribution is 2.18. The van der Waals surface area contributed by atoms with Crippen molar-refractivity contribution in [3.8, 4) is 0 Å². The summed E-state index contributed by atoms with van der Waals surface area (Å²) in [4.78, 5) is 36.0. The quantitative estimate of drug-likeness (QED) is 0.500. The fourth-order valence-electron chi connectivity index (χ4n) is 2.80. The van der Waals surface area contributed by atoms with Crippen LogP contribution in [-0.2, 0) is 29.1 Å². The van der Waals surface area contributed by atoms with Crippen LogP contribution in [0.15, 0.2) is 53.4 Å². The monoisotopic (exact) mass is 480 g/mol. The van der Waals surface area contributed by atoms with E-state index in [0.717, 1.165) is 18.2 Å². The molecule has 11 heteroatoms. The minimum Gasteiger partial charge on any atom is -0.467 e. The first-order valence-corrected chi connectivity index (χ1v) is 11.4. The minimum atomic E-state index is -4.06. The van der Waals surface area contributed by atoms with E-state index in [-0.39, 0.29) is 22.1 Å². The molecular formula is C22H25FN2O7S. The van der Waals surface area contributed by atoms with Crippen LogP contribution in [0.4, 0.5) is 10.1 Å². The van der Waals surface area contributed by atoms with E-state index in [0.29, 0.717) is 6.42 Å². The first kappa shape index (κ1) is 25.8. The Kier molecular flexibility index (Phi) is 8.92. The molecule has 178 valence electrons. The summed E-state index contributed by atoms with van der Waals surface area (Å²) < 4.78 is 50.0. The molecule has 0 aliphatic carbocycles. The Balaban J connectivity index is 2.03. The summed E-state index contributed by atoms with van der Waals surface area (Å²) in [5.41, 5.74) is 0.0408. The van der Waals surface area contributed by atoms with E-state index in [9.17, 15) is 27.2 Å². The number of nitrogens with one attached hydrogen (secondary N) is 2. The van der Waals surface area contributed by atoms with E-state index >= 15 is 0 Å². The van der Waals surface area contributed by atoms with Gasteiger partial charge in [0, 0.05) is 5.69 Å². The molecular weight excluding hydrogens is 455 g/mol. The number of carbonyl (C=O) groups excluding carboxylic acids is 3. The third kappa shape index (κ3) is 7.86. The number of sulfonamides is 1. The number of benzene rings is 2. The molecule has 0 saturated carbocycles. The highest BCUT2D eigenvalue weighted by atomic mass is 32.2. The highest BCUT2D eigenvalue weighted by molar-refractivity contribution is 7.92. The Bertz CT molecular complexity index is 1100. The van der Waals surface area contributed by atoms with E-state index in [1.54, 1.807) is 0 Å². The first-order valence-electron chi connectivity index (χ1n) is 9.94. The van der Waals surface area contributed by atoms with Crippen molar-refractivity contribution in [2.75, 3.05) is 18.4 Å². The maximum absolute atomic E-state index is 13.0. The average molecular weight is 481 g/mol. The van der Waals surface area contributed by atoms with Gasteiger partial charge < -0.3 is 14.8 Å². The number of methoxy groups -OCH3 is 1. The first-order chi connectivity index (χ1) is 15.5. The van der Waals surface area contributed by atoms with Crippen LogP contribution >= 0.6 is 0 Å². The molecule has 2 aromatic carbocycles. The summed E-state index contributed by atoms with van der Waals surface area (Å²) in [6.45, 7) is 3.07. The summed E-state index contributed by atoms with van der Waals surface area (Å²) in [6, 6.07) is 8.84. The van der Waals surface area contributed by atoms with Crippen LogP contribution in [0.2, 0.25) is 0 Å². The second kappa shape index (κ2) is 11.4. The lowest BCUT2D eigenvalue weighted by molar-refractivity contribution is -0.145. The van der Waals surface area contributed by atoms with Gasteiger partial charge in [0.15, 0.2) is 6.61 Å². The fourth-order valence-corrected chi connectivity index (χ4v) is 3.90. The van der Waals surface area contributed by atoms with E-state index in [2.05, 4.69) is 14.8 Å². The van der Waals surface area contributed by atoms with Gasteiger partial charge in [-0.25, -0.2) is 22.4 Å². The van der Waals surface area contributed by atoms with Gasteiger partial charge in [0.05, 0.1) is 17.6 Å². The summed E-state index contributed by atoms with van der Waals surface area (Å²) in [5, 5.41) is 2.45. The van der Waals surface area contributed by atoms with Crippen LogP contribution in [0, 0.1) is 11.7 Å². The fraction of sp³-hybridized carbons (Fsp3) is 0.318. The number of hydrogen-bond donors (Lipinski definition) is 2. The number of rotatable bonds is 10. The second-order valence-corrected chi connectivity index (χ2v) is 9.17. The molecule has 0 radical (unpaired) electrons. The van der Waals surface area contributed by atoms with Gasteiger partial charge in [-0.1, -0.05) is 19.9 Å². The van der Waals surface area contributed by atoms with Gasteiger partial charge in [-0.2, -0.15) is 0 Å². The lowest BCUT2D eigenvalue weighted by atomic mass is 10.0. The lowest BCUT2D eigenvalue weighted by Crippen LogP contribution is -2.44. The topological polar surface area (TPSA) is 128 Å². The third-order valence-electron chi connectivity index (χ3n) is 4.34. The van der Waals surface area contributed by atoms with Crippen LogP contribution in [0.1, 0.15) is 30.6 Å². The molecule has 1 unspecified atom stereocenters. The van der Waals surface area contributed by atoms with E-state index in [4.69, 9.17) is 4.74 Å². The van der Waals surface area contributed by atoms with E-state index in [1.807, 2.05) is 13.8 Å². The van der Waals surface area contributed by atoms with Gasteiger partial charge in [-0.15, -0.1) is 0 Å². The standard InChI is InChI=1S/C22H25FN2O7S/c1-14(2)11-19(22(28)31-3)24-20(26)13-32-21(27)15-5-4-6-18(12-15)33(29,30)25-17-9-7-16(23)8-10-17/h4-10,12,14,19,25H,11,13H2,1-3H3,(H,24,26). The summed E-state index contributed by atoms with van der Waals surface area (Å²) in [5.74, 6) is -2.67. The van der Waals surface area contributed by atoms with Gasteiger partial charge in [-0.05, 0) is 54.8 Å². The summed E-state index contributed by atoms with van der Waals surface area (Å²) in [7, 11) is -2.86. The number of amides is 1. The molecule has 0 spiro atoms. The molecule has 0 saturated heterocycles. The van der Waals surface area contributed by atoms with Crippen LogP contribution < -0.4 is 10.0 Å². The number of ether oxygens (including phenoxy) is 2. The zero-order valence-electron chi connectivity index (χ0n) is 18.3. The van der Waals surface area contributed by atoms with Gasteiger partial charge >= 0.3 is 11.9 Å². The second-order valence-electron chi connectivity index (χ2n) is 7.49. The predicted octanol–water partition coefficient (Wildman–Crippen LogP) is 2.49. The molecule has 0 bridgehead atoms. The van der Waals surface area contributed by atoms with Crippen LogP contribution in [0.3, 0.4) is 0 Å². The van der Waals surface area contributed by atoms with Crippen molar-refractivity contribution in [3.63, 3.8) is 0 Å². The van der Waals surface area contributed by atoms with Crippen molar-refractivity contribution < 1.29 is 36.7 Å². The van der Waals surface area contributed by atoms with Crippen molar-refractivity contribution in [2.24, 2.45) is 5.92 Å². The predicted molar refractivity (Wildman–Crippen MR) is 117 cm³/mol. The summed E-state index contributed by atoms with van der Waals surface area (Å²) in [6.07, 6.45) is 0.341. The molecule has 0 aliphatic rings. The Morgan fingerprint density at radius 3 is 2.33 bits per heavy atom. The van der Waals surface area contributed by atoms with Gasteiger partial charge in [-0.3, -0.25) is 9.52 Å². The van der Waals surface area contributed by atoms with Crippen LogP contribution in [0.25, 0.3) is 0 Å². The minimum absolute atomic E-state index is 0.100. The molecule has 9 nitrogen and oxygen atoms in total. The van der Waals surface area contributed by atoms with Crippen LogP contribution in [-0.4, -0.2) is 46.0 Å². The molecule has 0 aliphatic heterocycles. The maximum atomic E-state index is 13.0. The molecule has 0 fully saturated rings. The smallest absolute Gasteiger partial charge is 0.338 e. The molecule has 2 aromatic rings. The van der Waals surface area contributed by atoms with Crippen molar-refractivity contribution in [3.05, 3.63) is 59.9 Å². The lowest BCUT2D eigenvalue weighted by Gasteiger charge is -2.18. The molecule has 2 N–H and O–H groups in total. The number of carbonyl (C=O) groups is 3. The zero-order valence-corrected chi connectivity index (χ0v) is 19.1. The maximum Gasteiger partial charge on any atom is 0.338 e. The number of halogens is 1. The molecule has 0 heterocycles. The van der Waals surface area contributed by atoms with E-state index < -0.39 is 46.3 Å². The number of esters is 2. The van der Waals surface area contributed by atoms with E-state index in [1.165, 1.54) is 37.4 Å². The van der Waals surface area contributed by atoms with Crippen molar-refractivity contribution in [2.45, 2.75) is 31.2 Å². The third-order valence-corrected chi connectivity index (χ3v) is 5.72. The highest BCUT2D eigenvalue weighted by Gasteiger charge is 2.23.